The minimum Gasteiger partial charge on any atom is -0.326 e. The van der Waals surface area contributed by atoms with Gasteiger partial charge >= 0.3 is 0 Å². The molecule has 2 aromatic rings. The van der Waals surface area contributed by atoms with Gasteiger partial charge in [0.2, 0.25) is 11.8 Å². The molecule has 6 nitrogen and oxygen atoms in total. The first-order chi connectivity index (χ1) is 13.4. The van der Waals surface area contributed by atoms with Crippen molar-refractivity contribution in [2.24, 2.45) is 5.92 Å². The van der Waals surface area contributed by atoms with Crippen molar-refractivity contribution in [2.45, 2.75) is 33.1 Å². The second kappa shape index (κ2) is 8.69. The molecule has 1 heterocycles. The summed E-state index contributed by atoms with van der Waals surface area (Å²) in [5.74, 6) is 0.114. The first kappa shape index (κ1) is 19.6. The van der Waals surface area contributed by atoms with Crippen LogP contribution in [0.15, 0.2) is 48.5 Å². The number of hydrogen-bond donors (Lipinski definition) is 2. The van der Waals surface area contributed by atoms with E-state index in [1.165, 1.54) is 0 Å². The number of carbonyl (C=O) groups is 3. The Bertz CT molecular complexity index is 875. The normalized spacial score (nSPS) is 13.7. The van der Waals surface area contributed by atoms with Crippen molar-refractivity contribution >= 4 is 34.8 Å². The number of carbonyl (C=O) groups excluding carboxylic acids is 3. The van der Waals surface area contributed by atoms with Crippen LogP contribution in [-0.4, -0.2) is 24.3 Å². The van der Waals surface area contributed by atoms with Gasteiger partial charge in [0.1, 0.15) is 0 Å². The van der Waals surface area contributed by atoms with E-state index in [1.54, 1.807) is 47.4 Å². The third-order valence-corrected chi connectivity index (χ3v) is 4.51. The smallest absolute Gasteiger partial charge is 0.255 e. The standard InChI is InChI=1S/C22H25N3O3/c1-15(2)13-20(26)23-17-8-10-18(11-9-17)24-22(28)16-5-3-6-19(14-16)25-12-4-7-21(25)27/h3,5-6,8-11,14-15H,4,7,12-13H2,1-2H3,(H,23,26)(H,24,28). The highest BCUT2D eigenvalue weighted by Crippen LogP contribution is 2.23. The van der Waals surface area contributed by atoms with Gasteiger partial charge in [0.05, 0.1) is 0 Å². The summed E-state index contributed by atoms with van der Waals surface area (Å²) in [5.41, 5.74) is 2.57. The second-order valence-corrected chi connectivity index (χ2v) is 7.38. The van der Waals surface area contributed by atoms with E-state index in [4.69, 9.17) is 0 Å². The first-order valence-corrected chi connectivity index (χ1v) is 9.54. The highest BCUT2D eigenvalue weighted by molar-refractivity contribution is 6.06. The van der Waals surface area contributed by atoms with Crippen molar-refractivity contribution in [3.63, 3.8) is 0 Å². The van der Waals surface area contributed by atoms with Gasteiger partial charge in [-0.3, -0.25) is 14.4 Å². The molecule has 1 aliphatic heterocycles. The van der Waals surface area contributed by atoms with Crippen LogP contribution in [0.4, 0.5) is 17.1 Å². The Morgan fingerprint density at radius 2 is 1.71 bits per heavy atom. The summed E-state index contributed by atoms with van der Waals surface area (Å²) in [6, 6.07) is 14.1. The second-order valence-electron chi connectivity index (χ2n) is 7.38. The topological polar surface area (TPSA) is 78.5 Å². The molecule has 0 radical (unpaired) electrons. The summed E-state index contributed by atoms with van der Waals surface area (Å²) in [6.45, 7) is 4.67. The molecule has 1 aliphatic rings. The van der Waals surface area contributed by atoms with Gasteiger partial charge in [0, 0.05) is 42.0 Å². The Balaban J connectivity index is 1.63. The van der Waals surface area contributed by atoms with E-state index < -0.39 is 0 Å². The lowest BCUT2D eigenvalue weighted by atomic mass is 10.1. The predicted octanol–water partition coefficient (Wildman–Crippen LogP) is 4.05. The average molecular weight is 379 g/mol. The Labute approximate surface area is 164 Å². The van der Waals surface area contributed by atoms with Gasteiger partial charge in [-0.05, 0) is 54.8 Å². The van der Waals surface area contributed by atoms with E-state index in [9.17, 15) is 14.4 Å². The van der Waals surface area contributed by atoms with E-state index >= 15 is 0 Å². The number of anilines is 3. The summed E-state index contributed by atoms with van der Waals surface area (Å²) in [4.78, 5) is 38.0. The number of rotatable bonds is 6. The van der Waals surface area contributed by atoms with Gasteiger partial charge in [-0.2, -0.15) is 0 Å². The third-order valence-electron chi connectivity index (χ3n) is 4.51. The zero-order valence-corrected chi connectivity index (χ0v) is 16.2. The lowest BCUT2D eigenvalue weighted by Crippen LogP contribution is -2.24. The molecule has 1 saturated heterocycles. The van der Waals surface area contributed by atoms with Crippen LogP contribution in [0.25, 0.3) is 0 Å². The molecule has 0 bridgehead atoms. The predicted molar refractivity (Wildman–Crippen MR) is 111 cm³/mol. The van der Waals surface area contributed by atoms with Crippen LogP contribution in [0.5, 0.6) is 0 Å². The zero-order chi connectivity index (χ0) is 20.1. The van der Waals surface area contributed by atoms with Crippen molar-refractivity contribution in [3.05, 3.63) is 54.1 Å². The molecule has 2 aromatic carbocycles. The Hall–Kier alpha value is -3.15. The van der Waals surface area contributed by atoms with E-state index in [0.29, 0.717) is 42.2 Å². The van der Waals surface area contributed by atoms with Crippen LogP contribution in [-0.2, 0) is 9.59 Å². The largest absolute Gasteiger partial charge is 0.326 e. The zero-order valence-electron chi connectivity index (χ0n) is 16.2. The lowest BCUT2D eigenvalue weighted by molar-refractivity contribution is -0.117. The van der Waals surface area contributed by atoms with E-state index in [2.05, 4.69) is 10.6 Å². The molecule has 2 N–H and O–H groups in total. The molecule has 3 amide bonds. The van der Waals surface area contributed by atoms with Crippen LogP contribution >= 0.6 is 0 Å². The van der Waals surface area contributed by atoms with Crippen molar-refractivity contribution in [2.75, 3.05) is 22.1 Å². The number of amides is 3. The molecule has 6 heteroatoms. The summed E-state index contributed by atoms with van der Waals surface area (Å²) in [5, 5.41) is 5.68. The third kappa shape index (κ3) is 4.97. The quantitative estimate of drug-likeness (QED) is 0.795. The molecule has 0 unspecified atom stereocenters. The fourth-order valence-electron chi connectivity index (χ4n) is 3.16. The maximum absolute atomic E-state index is 12.6. The number of nitrogens with one attached hydrogen (secondary N) is 2. The Morgan fingerprint density at radius 1 is 1.04 bits per heavy atom. The van der Waals surface area contributed by atoms with Gasteiger partial charge < -0.3 is 15.5 Å². The van der Waals surface area contributed by atoms with Crippen molar-refractivity contribution in [1.82, 2.24) is 0 Å². The molecule has 3 rings (SSSR count). The van der Waals surface area contributed by atoms with Gasteiger partial charge in [-0.25, -0.2) is 0 Å². The lowest BCUT2D eigenvalue weighted by Gasteiger charge is -2.16. The molecule has 1 fully saturated rings. The van der Waals surface area contributed by atoms with Gasteiger partial charge in [0.25, 0.3) is 5.91 Å². The molecule has 0 saturated carbocycles. The molecule has 0 atom stereocenters. The fourth-order valence-corrected chi connectivity index (χ4v) is 3.16. The Morgan fingerprint density at radius 3 is 2.32 bits per heavy atom. The van der Waals surface area contributed by atoms with Crippen LogP contribution < -0.4 is 15.5 Å². The molecule has 0 spiro atoms. The van der Waals surface area contributed by atoms with E-state index in [1.807, 2.05) is 19.9 Å². The molecule has 0 aliphatic carbocycles. The number of nitrogens with zero attached hydrogens (tertiary/aromatic N) is 1. The van der Waals surface area contributed by atoms with E-state index in [-0.39, 0.29) is 17.7 Å². The van der Waals surface area contributed by atoms with Crippen LogP contribution in [0.1, 0.15) is 43.5 Å². The molecule has 0 aromatic heterocycles. The monoisotopic (exact) mass is 379 g/mol. The minimum atomic E-state index is -0.245. The fraction of sp³-hybridized carbons (Fsp3) is 0.318. The summed E-state index contributed by atoms with van der Waals surface area (Å²) in [6.07, 6.45) is 1.86. The van der Waals surface area contributed by atoms with Gasteiger partial charge in [-0.1, -0.05) is 19.9 Å². The summed E-state index contributed by atoms with van der Waals surface area (Å²) < 4.78 is 0. The molecule has 146 valence electrons. The number of hydrogen-bond acceptors (Lipinski definition) is 3. The van der Waals surface area contributed by atoms with Crippen molar-refractivity contribution in [3.8, 4) is 0 Å². The SMILES string of the molecule is CC(C)CC(=O)Nc1ccc(NC(=O)c2cccc(N3CCCC3=O)c2)cc1. The van der Waals surface area contributed by atoms with Gasteiger partial charge in [-0.15, -0.1) is 0 Å². The van der Waals surface area contributed by atoms with Crippen molar-refractivity contribution in [1.29, 1.82) is 0 Å². The molecular formula is C22H25N3O3. The first-order valence-electron chi connectivity index (χ1n) is 9.54. The maximum atomic E-state index is 12.6. The summed E-state index contributed by atoms with van der Waals surface area (Å²) in [7, 11) is 0. The highest BCUT2D eigenvalue weighted by atomic mass is 16.2. The van der Waals surface area contributed by atoms with E-state index in [0.717, 1.165) is 12.1 Å². The van der Waals surface area contributed by atoms with Crippen molar-refractivity contribution < 1.29 is 14.4 Å². The highest BCUT2D eigenvalue weighted by Gasteiger charge is 2.22. The van der Waals surface area contributed by atoms with Crippen LogP contribution in [0.2, 0.25) is 0 Å². The van der Waals surface area contributed by atoms with Crippen LogP contribution in [0.3, 0.4) is 0 Å². The minimum absolute atomic E-state index is 0.0277. The number of benzene rings is 2. The molecular weight excluding hydrogens is 354 g/mol. The maximum Gasteiger partial charge on any atom is 0.255 e. The van der Waals surface area contributed by atoms with Crippen LogP contribution in [0, 0.1) is 5.92 Å². The summed E-state index contributed by atoms with van der Waals surface area (Å²) >= 11 is 0. The Kier molecular flexibility index (Phi) is 6.09. The molecule has 28 heavy (non-hydrogen) atoms. The average Bonchev–Trinajstić information content (AvgIpc) is 3.09. The van der Waals surface area contributed by atoms with Gasteiger partial charge in [0.15, 0.2) is 0 Å².